The summed E-state index contributed by atoms with van der Waals surface area (Å²) < 4.78 is 1.78. The van der Waals surface area contributed by atoms with Gasteiger partial charge in [-0.1, -0.05) is 11.6 Å². The second-order valence-electron chi connectivity index (χ2n) is 3.34. The summed E-state index contributed by atoms with van der Waals surface area (Å²) in [7, 11) is 1.87. The van der Waals surface area contributed by atoms with E-state index in [4.69, 9.17) is 17.3 Å². The molecule has 0 radical (unpaired) electrons. The SMILES string of the molecule is Cc1c(-c2nc(Cl)ccc2N)cnn1C. The van der Waals surface area contributed by atoms with E-state index in [0.29, 0.717) is 16.5 Å². The predicted molar refractivity (Wildman–Crippen MR) is 60.6 cm³/mol. The fraction of sp³-hybridized carbons (Fsp3) is 0.200. The molecule has 5 heteroatoms. The predicted octanol–water partition coefficient (Wildman–Crippen LogP) is 2.03. The van der Waals surface area contributed by atoms with E-state index in [2.05, 4.69) is 10.1 Å². The first-order chi connectivity index (χ1) is 7.09. The van der Waals surface area contributed by atoms with Gasteiger partial charge in [-0.15, -0.1) is 0 Å². The van der Waals surface area contributed by atoms with E-state index in [-0.39, 0.29) is 0 Å². The van der Waals surface area contributed by atoms with Crippen molar-refractivity contribution < 1.29 is 0 Å². The van der Waals surface area contributed by atoms with Gasteiger partial charge in [-0.2, -0.15) is 5.10 Å². The molecule has 0 unspecified atom stereocenters. The van der Waals surface area contributed by atoms with Crippen molar-refractivity contribution in [3.8, 4) is 11.3 Å². The maximum Gasteiger partial charge on any atom is 0.129 e. The van der Waals surface area contributed by atoms with E-state index in [9.17, 15) is 0 Å². The second kappa shape index (κ2) is 3.55. The molecule has 0 saturated heterocycles. The molecule has 0 aliphatic heterocycles. The molecule has 0 bridgehead atoms. The van der Waals surface area contributed by atoms with Crippen molar-refractivity contribution in [1.29, 1.82) is 0 Å². The molecule has 0 aliphatic carbocycles. The number of rotatable bonds is 1. The van der Waals surface area contributed by atoms with Crippen molar-refractivity contribution in [2.45, 2.75) is 6.92 Å². The average Bonchev–Trinajstić information content (AvgIpc) is 2.52. The maximum atomic E-state index is 5.84. The van der Waals surface area contributed by atoms with Crippen LogP contribution in [0.5, 0.6) is 0 Å². The highest BCUT2D eigenvalue weighted by molar-refractivity contribution is 6.29. The third-order valence-electron chi connectivity index (χ3n) is 2.38. The Hall–Kier alpha value is -1.55. The molecule has 2 N–H and O–H groups in total. The molecule has 2 aromatic heterocycles. The normalized spacial score (nSPS) is 10.6. The topological polar surface area (TPSA) is 56.7 Å². The van der Waals surface area contributed by atoms with Gasteiger partial charge >= 0.3 is 0 Å². The Kier molecular flexibility index (Phi) is 2.36. The third-order valence-corrected chi connectivity index (χ3v) is 2.59. The minimum Gasteiger partial charge on any atom is -0.397 e. The van der Waals surface area contributed by atoms with Crippen molar-refractivity contribution in [2.24, 2.45) is 7.05 Å². The quantitative estimate of drug-likeness (QED) is 0.752. The van der Waals surface area contributed by atoms with Crippen molar-refractivity contribution in [3.63, 3.8) is 0 Å². The highest BCUT2D eigenvalue weighted by Gasteiger charge is 2.11. The lowest BCUT2D eigenvalue weighted by atomic mass is 10.1. The number of aromatic nitrogens is 3. The number of nitrogen functional groups attached to an aromatic ring is 1. The van der Waals surface area contributed by atoms with Crippen LogP contribution in [0, 0.1) is 6.92 Å². The highest BCUT2D eigenvalue weighted by atomic mass is 35.5. The van der Waals surface area contributed by atoms with Gasteiger partial charge in [0.05, 0.1) is 17.6 Å². The first-order valence-electron chi connectivity index (χ1n) is 4.50. The summed E-state index contributed by atoms with van der Waals surface area (Å²) in [5.41, 5.74) is 9.06. The largest absolute Gasteiger partial charge is 0.397 e. The van der Waals surface area contributed by atoms with Crippen LogP contribution in [0.25, 0.3) is 11.3 Å². The number of halogens is 1. The van der Waals surface area contributed by atoms with Gasteiger partial charge in [0.25, 0.3) is 0 Å². The van der Waals surface area contributed by atoms with Crippen LogP contribution in [0.4, 0.5) is 5.69 Å². The summed E-state index contributed by atoms with van der Waals surface area (Å²) in [6.07, 6.45) is 1.74. The fourth-order valence-electron chi connectivity index (χ4n) is 1.39. The molecule has 0 spiro atoms. The summed E-state index contributed by atoms with van der Waals surface area (Å²) >= 11 is 5.83. The molecule has 4 nitrogen and oxygen atoms in total. The Labute approximate surface area is 92.7 Å². The van der Waals surface area contributed by atoms with Crippen LogP contribution in [-0.2, 0) is 7.05 Å². The first kappa shape index (κ1) is 9.98. The maximum absolute atomic E-state index is 5.84. The van der Waals surface area contributed by atoms with Gasteiger partial charge in [0, 0.05) is 18.3 Å². The van der Waals surface area contributed by atoms with E-state index < -0.39 is 0 Å². The van der Waals surface area contributed by atoms with Gasteiger partial charge in [0.1, 0.15) is 5.15 Å². The van der Waals surface area contributed by atoms with E-state index in [1.807, 2.05) is 14.0 Å². The van der Waals surface area contributed by atoms with Crippen LogP contribution in [0.1, 0.15) is 5.69 Å². The summed E-state index contributed by atoms with van der Waals surface area (Å²) in [4.78, 5) is 4.20. The Bertz CT molecular complexity index is 504. The number of pyridine rings is 1. The lowest BCUT2D eigenvalue weighted by Crippen LogP contribution is -1.96. The molecule has 15 heavy (non-hydrogen) atoms. The highest BCUT2D eigenvalue weighted by Crippen LogP contribution is 2.27. The van der Waals surface area contributed by atoms with Gasteiger partial charge in [-0.3, -0.25) is 4.68 Å². The number of anilines is 1. The summed E-state index contributed by atoms with van der Waals surface area (Å²) in [5.74, 6) is 0. The molecule has 0 fully saturated rings. The van der Waals surface area contributed by atoms with Crippen LogP contribution in [0.2, 0.25) is 5.15 Å². The lowest BCUT2D eigenvalue weighted by molar-refractivity contribution is 0.740. The van der Waals surface area contributed by atoms with Gasteiger partial charge in [-0.25, -0.2) is 4.98 Å². The Morgan fingerprint density at radius 2 is 2.13 bits per heavy atom. The number of hydrogen-bond donors (Lipinski definition) is 1. The van der Waals surface area contributed by atoms with E-state index >= 15 is 0 Å². The molecule has 78 valence electrons. The third kappa shape index (κ3) is 1.68. The van der Waals surface area contributed by atoms with Gasteiger partial charge in [0.2, 0.25) is 0 Å². The Morgan fingerprint density at radius 1 is 1.40 bits per heavy atom. The Morgan fingerprint density at radius 3 is 2.73 bits per heavy atom. The standard InChI is InChI=1S/C10H11ClN4/c1-6-7(5-13-15(6)2)10-8(12)3-4-9(11)14-10/h3-5H,12H2,1-2H3. The molecule has 0 aromatic carbocycles. The minimum atomic E-state index is 0.433. The van der Waals surface area contributed by atoms with Crippen LogP contribution in [-0.4, -0.2) is 14.8 Å². The molecular weight excluding hydrogens is 212 g/mol. The fourth-order valence-corrected chi connectivity index (χ4v) is 1.54. The molecule has 0 atom stereocenters. The molecule has 0 saturated carbocycles. The molecule has 2 aromatic rings. The molecule has 2 heterocycles. The van der Waals surface area contributed by atoms with Gasteiger partial charge < -0.3 is 5.73 Å². The van der Waals surface area contributed by atoms with Gasteiger partial charge in [0.15, 0.2) is 0 Å². The van der Waals surface area contributed by atoms with Crippen LogP contribution in [0.15, 0.2) is 18.3 Å². The van der Waals surface area contributed by atoms with E-state index in [1.165, 1.54) is 0 Å². The smallest absolute Gasteiger partial charge is 0.129 e. The molecule has 2 rings (SSSR count). The average molecular weight is 223 g/mol. The van der Waals surface area contributed by atoms with E-state index in [0.717, 1.165) is 11.3 Å². The number of nitrogens with two attached hydrogens (primary N) is 1. The summed E-state index contributed by atoms with van der Waals surface area (Å²) in [6.45, 7) is 1.96. The van der Waals surface area contributed by atoms with Crippen LogP contribution in [0.3, 0.4) is 0 Å². The van der Waals surface area contributed by atoms with Crippen molar-refractivity contribution in [3.05, 3.63) is 29.2 Å². The van der Waals surface area contributed by atoms with Crippen LogP contribution < -0.4 is 5.73 Å². The van der Waals surface area contributed by atoms with Crippen LogP contribution >= 0.6 is 11.6 Å². The van der Waals surface area contributed by atoms with Crippen molar-refractivity contribution in [1.82, 2.24) is 14.8 Å². The second-order valence-corrected chi connectivity index (χ2v) is 3.73. The van der Waals surface area contributed by atoms with Crippen molar-refractivity contribution >= 4 is 17.3 Å². The molecule has 0 amide bonds. The Balaban J connectivity index is 2.63. The van der Waals surface area contributed by atoms with Gasteiger partial charge in [-0.05, 0) is 19.1 Å². The number of hydrogen-bond acceptors (Lipinski definition) is 3. The summed E-state index contributed by atoms with van der Waals surface area (Å²) in [5, 5.41) is 4.57. The first-order valence-corrected chi connectivity index (χ1v) is 4.88. The lowest BCUT2D eigenvalue weighted by Gasteiger charge is -2.04. The number of nitrogens with zero attached hydrogens (tertiary/aromatic N) is 3. The number of aryl methyl sites for hydroxylation is 1. The monoisotopic (exact) mass is 222 g/mol. The summed E-state index contributed by atoms with van der Waals surface area (Å²) in [6, 6.07) is 3.42. The van der Waals surface area contributed by atoms with E-state index in [1.54, 1.807) is 23.0 Å². The zero-order chi connectivity index (χ0) is 11.0. The minimum absolute atomic E-state index is 0.433. The molecule has 0 aliphatic rings. The molecular formula is C10H11ClN4. The van der Waals surface area contributed by atoms with Crippen molar-refractivity contribution in [2.75, 3.05) is 5.73 Å². The zero-order valence-corrected chi connectivity index (χ0v) is 9.28. The zero-order valence-electron chi connectivity index (χ0n) is 8.53.